The number of anilines is 1. The van der Waals surface area contributed by atoms with Crippen LogP contribution in [0.25, 0.3) is 22.7 Å². The number of carbonyl (C=O) groups is 1. The molecule has 1 amide bonds. The van der Waals surface area contributed by atoms with E-state index in [1.165, 1.54) is 6.08 Å². The second-order valence-electron chi connectivity index (χ2n) is 6.54. The third-order valence-electron chi connectivity index (χ3n) is 4.60. The van der Waals surface area contributed by atoms with Crippen LogP contribution in [-0.2, 0) is 4.79 Å². The summed E-state index contributed by atoms with van der Waals surface area (Å²) in [7, 11) is 0. The number of para-hydroxylation sites is 1. The molecule has 0 saturated carbocycles. The summed E-state index contributed by atoms with van der Waals surface area (Å²) >= 11 is 6.51. The van der Waals surface area contributed by atoms with Crippen LogP contribution in [0, 0.1) is 18.3 Å². The zero-order valence-electron chi connectivity index (χ0n) is 16.0. The molecule has 0 aliphatic carbocycles. The first-order chi connectivity index (χ1) is 14.6. The summed E-state index contributed by atoms with van der Waals surface area (Å²) in [6.45, 7) is 1.78. The lowest BCUT2D eigenvalue weighted by molar-refractivity contribution is -0.112. The number of rotatable bonds is 4. The minimum atomic E-state index is -0.531. The third-order valence-corrected chi connectivity index (χ3v) is 4.96. The molecule has 4 rings (SSSR count). The lowest BCUT2D eigenvalue weighted by Crippen LogP contribution is -2.13. The van der Waals surface area contributed by atoms with E-state index in [4.69, 9.17) is 11.6 Å². The Labute approximate surface area is 178 Å². The summed E-state index contributed by atoms with van der Waals surface area (Å²) in [5.41, 5.74) is 3.17. The summed E-state index contributed by atoms with van der Waals surface area (Å²) in [6.07, 6.45) is 3.15. The van der Waals surface area contributed by atoms with E-state index < -0.39 is 5.91 Å². The Morgan fingerprint density at radius 2 is 1.93 bits per heavy atom. The van der Waals surface area contributed by atoms with Crippen molar-refractivity contribution < 1.29 is 4.79 Å². The van der Waals surface area contributed by atoms with Crippen molar-refractivity contribution in [2.45, 2.75) is 6.92 Å². The molecule has 0 spiro atoms. The maximum atomic E-state index is 12.8. The van der Waals surface area contributed by atoms with Crippen LogP contribution in [-0.4, -0.2) is 20.7 Å². The maximum absolute atomic E-state index is 12.8. The largest absolute Gasteiger partial charge is 0.321 e. The van der Waals surface area contributed by atoms with Crippen LogP contribution in [0.3, 0.4) is 0 Å². The van der Waals surface area contributed by atoms with Gasteiger partial charge in [-0.2, -0.15) is 10.4 Å². The van der Waals surface area contributed by atoms with Crippen molar-refractivity contribution in [2.24, 2.45) is 0 Å². The molecule has 7 heteroatoms. The number of carbonyl (C=O) groups excluding carboxylic acids is 1. The van der Waals surface area contributed by atoms with Gasteiger partial charge in [0.1, 0.15) is 16.8 Å². The molecule has 0 atom stereocenters. The molecule has 30 heavy (non-hydrogen) atoms. The molecule has 0 aliphatic heterocycles. The van der Waals surface area contributed by atoms with Gasteiger partial charge in [-0.1, -0.05) is 35.9 Å². The Morgan fingerprint density at radius 3 is 2.70 bits per heavy atom. The van der Waals surface area contributed by atoms with Gasteiger partial charge in [0.05, 0.1) is 22.6 Å². The predicted molar refractivity (Wildman–Crippen MR) is 117 cm³/mol. The fourth-order valence-corrected chi connectivity index (χ4v) is 3.44. The van der Waals surface area contributed by atoms with Gasteiger partial charge in [-0.05, 0) is 49.4 Å². The average molecular weight is 414 g/mol. The van der Waals surface area contributed by atoms with E-state index >= 15 is 0 Å². The van der Waals surface area contributed by atoms with Crippen LogP contribution >= 0.6 is 11.6 Å². The standard InChI is InChI=1S/C23H16ClN5O/c1-15-19(22(24)29(28-15)17-7-3-2-4-8-17)13-16(14-25)23(30)27-21-11-5-10-20-18(21)9-6-12-26-20/h2-13H,1H3,(H,27,30)/b16-13+. The first kappa shape index (κ1) is 19.4. The molecule has 2 aromatic carbocycles. The van der Waals surface area contributed by atoms with Crippen molar-refractivity contribution in [3.05, 3.63) is 88.8 Å². The molecular weight excluding hydrogens is 398 g/mol. The SMILES string of the molecule is Cc1nn(-c2ccccc2)c(Cl)c1/C=C(\C#N)C(=O)Nc1cccc2ncccc12. The Morgan fingerprint density at radius 1 is 1.13 bits per heavy atom. The molecule has 4 aromatic rings. The zero-order chi connectivity index (χ0) is 21.1. The van der Waals surface area contributed by atoms with Crippen LogP contribution in [0.1, 0.15) is 11.3 Å². The first-order valence-corrected chi connectivity index (χ1v) is 9.53. The summed E-state index contributed by atoms with van der Waals surface area (Å²) in [5.74, 6) is -0.531. The summed E-state index contributed by atoms with van der Waals surface area (Å²) in [4.78, 5) is 17.1. The van der Waals surface area contributed by atoms with Crippen LogP contribution < -0.4 is 5.32 Å². The van der Waals surface area contributed by atoms with Gasteiger partial charge in [0, 0.05) is 17.1 Å². The number of nitrogens with one attached hydrogen (secondary N) is 1. The van der Waals surface area contributed by atoms with Gasteiger partial charge in [0.25, 0.3) is 5.91 Å². The molecule has 146 valence electrons. The van der Waals surface area contributed by atoms with E-state index in [0.29, 0.717) is 22.1 Å². The van der Waals surface area contributed by atoms with Gasteiger partial charge in [-0.3, -0.25) is 9.78 Å². The minimum Gasteiger partial charge on any atom is -0.321 e. The molecule has 2 heterocycles. The van der Waals surface area contributed by atoms with Crippen LogP contribution in [0.4, 0.5) is 5.69 Å². The van der Waals surface area contributed by atoms with Gasteiger partial charge in [-0.15, -0.1) is 0 Å². The molecule has 0 fully saturated rings. The molecule has 0 bridgehead atoms. The molecular formula is C23H16ClN5O. The van der Waals surface area contributed by atoms with Gasteiger partial charge >= 0.3 is 0 Å². The molecule has 6 nitrogen and oxygen atoms in total. The molecule has 2 aromatic heterocycles. The van der Waals surface area contributed by atoms with Crippen molar-refractivity contribution in [3.8, 4) is 11.8 Å². The number of pyridine rings is 1. The molecule has 0 radical (unpaired) electrons. The molecule has 1 N–H and O–H groups in total. The lowest BCUT2D eigenvalue weighted by atomic mass is 10.1. The monoisotopic (exact) mass is 413 g/mol. The molecule has 0 aliphatic rings. The number of amides is 1. The number of aryl methyl sites for hydroxylation is 1. The smallest absolute Gasteiger partial charge is 0.266 e. The quantitative estimate of drug-likeness (QED) is 0.380. The number of nitrogens with zero attached hydrogens (tertiary/aromatic N) is 4. The summed E-state index contributed by atoms with van der Waals surface area (Å²) < 4.78 is 1.58. The van der Waals surface area contributed by atoms with E-state index in [0.717, 1.165) is 16.6 Å². The maximum Gasteiger partial charge on any atom is 0.266 e. The number of hydrogen-bond acceptors (Lipinski definition) is 4. The van der Waals surface area contributed by atoms with Gasteiger partial charge in [0.2, 0.25) is 0 Å². The highest BCUT2D eigenvalue weighted by Gasteiger charge is 2.17. The van der Waals surface area contributed by atoms with E-state index in [9.17, 15) is 10.1 Å². The number of halogens is 1. The fraction of sp³-hybridized carbons (Fsp3) is 0.0435. The van der Waals surface area contributed by atoms with E-state index in [1.807, 2.05) is 48.5 Å². The predicted octanol–water partition coefficient (Wildman–Crippen LogP) is 4.93. The van der Waals surface area contributed by atoms with Crippen LogP contribution in [0.15, 0.2) is 72.4 Å². The lowest BCUT2D eigenvalue weighted by Gasteiger charge is -2.07. The van der Waals surface area contributed by atoms with E-state index in [1.54, 1.807) is 36.0 Å². The number of nitriles is 1. The minimum absolute atomic E-state index is 0.0755. The summed E-state index contributed by atoms with van der Waals surface area (Å²) in [6, 6.07) is 20.4. The molecule has 0 unspecified atom stereocenters. The van der Waals surface area contributed by atoms with E-state index in [2.05, 4.69) is 15.4 Å². The zero-order valence-corrected chi connectivity index (χ0v) is 16.8. The highest BCUT2D eigenvalue weighted by atomic mass is 35.5. The van der Waals surface area contributed by atoms with Crippen molar-refractivity contribution in [1.82, 2.24) is 14.8 Å². The van der Waals surface area contributed by atoms with Gasteiger partial charge in [-0.25, -0.2) is 4.68 Å². The van der Waals surface area contributed by atoms with Gasteiger partial charge in [0.15, 0.2) is 0 Å². The normalized spacial score (nSPS) is 11.3. The van der Waals surface area contributed by atoms with E-state index in [-0.39, 0.29) is 5.57 Å². The fourth-order valence-electron chi connectivity index (χ4n) is 3.11. The second kappa shape index (κ2) is 8.19. The van der Waals surface area contributed by atoms with Crippen molar-refractivity contribution >= 4 is 40.2 Å². The topological polar surface area (TPSA) is 83.6 Å². The van der Waals surface area contributed by atoms with Crippen molar-refractivity contribution in [3.63, 3.8) is 0 Å². The number of benzene rings is 2. The molecule has 0 saturated heterocycles. The number of hydrogen-bond donors (Lipinski definition) is 1. The Balaban J connectivity index is 1.68. The Bertz CT molecular complexity index is 1310. The third kappa shape index (κ3) is 3.66. The highest BCUT2D eigenvalue weighted by Crippen LogP contribution is 2.26. The summed E-state index contributed by atoms with van der Waals surface area (Å²) in [5, 5.41) is 17.9. The number of aromatic nitrogens is 3. The van der Waals surface area contributed by atoms with Crippen LogP contribution in [0.5, 0.6) is 0 Å². The Hall–Kier alpha value is -3.95. The van der Waals surface area contributed by atoms with Crippen molar-refractivity contribution in [1.29, 1.82) is 5.26 Å². The first-order valence-electron chi connectivity index (χ1n) is 9.16. The second-order valence-corrected chi connectivity index (χ2v) is 6.89. The Kier molecular flexibility index (Phi) is 5.29. The van der Waals surface area contributed by atoms with Gasteiger partial charge < -0.3 is 5.32 Å². The van der Waals surface area contributed by atoms with Crippen LogP contribution in [0.2, 0.25) is 5.15 Å². The average Bonchev–Trinajstić information content (AvgIpc) is 3.06. The van der Waals surface area contributed by atoms with Crippen molar-refractivity contribution in [2.75, 3.05) is 5.32 Å². The number of fused-ring (bicyclic) bond motifs is 1. The highest BCUT2D eigenvalue weighted by molar-refractivity contribution is 6.31.